The molecule has 1 aliphatic rings. The van der Waals surface area contributed by atoms with Gasteiger partial charge >= 0.3 is 0 Å². The second-order valence-electron chi connectivity index (χ2n) is 10.4. The van der Waals surface area contributed by atoms with Crippen molar-refractivity contribution in [1.29, 1.82) is 0 Å². The first-order valence-corrected chi connectivity index (χ1v) is 16.2. The number of anilines is 2. The van der Waals surface area contributed by atoms with Crippen molar-refractivity contribution in [2.45, 2.75) is 44.8 Å². The van der Waals surface area contributed by atoms with Crippen molar-refractivity contribution in [3.63, 3.8) is 0 Å². The third kappa shape index (κ3) is 9.10. The third-order valence-electron chi connectivity index (χ3n) is 7.14. The normalized spacial score (nSPS) is 17.0. The second-order valence-corrected chi connectivity index (χ2v) is 12.9. The third-order valence-corrected chi connectivity index (χ3v) is 9.31. The standard InChI is InChI=1S/C31H41ClN4O4S/c1-2-34-27-19-25(20-28(21-27)36-15-6-7-16-41(36,39)40)31(38)35-29(18-23-9-4-3-5-10-23)30(37)22-33-14-13-24-11-8-12-26(32)17-24/h3-5,8-12,17,19-21,29-30,33-34,37,39-40H,2,6-7,13-16,18,22H2,1H3,(H,35,38)/t29-,30+/m0/s1. The summed E-state index contributed by atoms with van der Waals surface area (Å²) < 4.78 is 23.0. The van der Waals surface area contributed by atoms with E-state index in [1.807, 2.05) is 67.6 Å². The molecule has 3 aromatic rings. The van der Waals surface area contributed by atoms with Gasteiger partial charge in [-0.3, -0.25) is 18.2 Å². The van der Waals surface area contributed by atoms with E-state index >= 15 is 0 Å². The number of hydrogen-bond acceptors (Lipinski definition) is 7. The molecule has 222 valence electrons. The van der Waals surface area contributed by atoms with Crippen LogP contribution in [0.5, 0.6) is 0 Å². The summed E-state index contributed by atoms with van der Waals surface area (Å²) >= 11 is 6.09. The first-order chi connectivity index (χ1) is 19.7. The highest BCUT2D eigenvalue weighted by Crippen LogP contribution is 2.50. The maximum absolute atomic E-state index is 13.6. The van der Waals surface area contributed by atoms with Gasteiger partial charge in [0, 0.05) is 35.9 Å². The van der Waals surface area contributed by atoms with E-state index in [1.165, 1.54) is 0 Å². The Balaban J connectivity index is 1.49. The van der Waals surface area contributed by atoms with Crippen LogP contribution in [0.4, 0.5) is 11.4 Å². The molecule has 0 spiro atoms. The molecular weight excluding hydrogens is 560 g/mol. The second kappa shape index (κ2) is 14.9. The summed E-state index contributed by atoms with van der Waals surface area (Å²) in [6.07, 6.45) is 1.97. The molecular formula is C31H41ClN4O4S. The van der Waals surface area contributed by atoms with Crippen LogP contribution in [0.25, 0.3) is 0 Å². The molecule has 3 aromatic carbocycles. The summed E-state index contributed by atoms with van der Waals surface area (Å²) in [5, 5.41) is 21.5. The molecule has 1 amide bonds. The van der Waals surface area contributed by atoms with Crippen molar-refractivity contribution in [2.24, 2.45) is 0 Å². The zero-order valence-electron chi connectivity index (χ0n) is 23.4. The van der Waals surface area contributed by atoms with Gasteiger partial charge in [-0.1, -0.05) is 54.1 Å². The Morgan fingerprint density at radius 2 is 1.80 bits per heavy atom. The highest BCUT2D eigenvalue weighted by atomic mass is 35.5. The predicted molar refractivity (Wildman–Crippen MR) is 170 cm³/mol. The van der Waals surface area contributed by atoms with Gasteiger partial charge in [0.05, 0.1) is 23.6 Å². The van der Waals surface area contributed by atoms with Crippen molar-refractivity contribution in [3.05, 3.63) is 94.5 Å². The van der Waals surface area contributed by atoms with Crippen LogP contribution < -0.4 is 20.3 Å². The number of nitrogens with zero attached hydrogens (tertiary/aromatic N) is 1. The van der Waals surface area contributed by atoms with E-state index in [9.17, 15) is 19.0 Å². The summed E-state index contributed by atoms with van der Waals surface area (Å²) in [6.45, 7) is 4.08. The molecule has 10 heteroatoms. The fourth-order valence-corrected chi connectivity index (χ4v) is 6.91. The largest absolute Gasteiger partial charge is 0.390 e. The first-order valence-electron chi connectivity index (χ1n) is 14.2. The number of carbonyl (C=O) groups excluding carboxylic acids is 1. The molecule has 2 atom stereocenters. The van der Waals surface area contributed by atoms with Crippen molar-refractivity contribution in [3.8, 4) is 0 Å². The lowest BCUT2D eigenvalue weighted by atomic mass is 10.00. The maximum Gasteiger partial charge on any atom is 0.251 e. The molecule has 1 fully saturated rings. The molecule has 4 rings (SSSR count). The van der Waals surface area contributed by atoms with E-state index in [4.69, 9.17) is 11.6 Å². The number of amides is 1. The summed E-state index contributed by atoms with van der Waals surface area (Å²) in [7, 11) is -2.95. The molecule has 1 saturated heterocycles. The molecule has 0 aliphatic carbocycles. The number of rotatable bonds is 13. The highest BCUT2D eigenvalue weighted by Gasteiger charge is 2.28. The Hall–Kier alpha value is -2.79. The first kappa shape index (κ1) is 31.2. The minimum Gasteiger partial charge on any atom is -0.390 e. The van der Waals surface area contributed by atoms with Gasteiger partial charge in [0.1, 0.15) is 0 Å². The van der Waals surface area contributed by atoms with Crippen molar-refractivity contribution in [2.75, 3.05) is 41.6 Å². The van der Waals surface area contributed by atoms with Gasteiger partial charge in [0.2, 0.25) is 0 Å². The lowest BCUT2D eigenvalue weighted by molar-refractivity contribution is 0.0831. The van der Waals surface area contributed by atoms with Gasteiger partial charge < -0.3 is 21.1 Å². The number of benzene rings is 3. The lowest BCUT2D eigenvalue weighted by Crippen LogP contribution is -2.49. The van der Waals surface area contributed by atoms with Gasteiger partial charge in [-0.25, -0.2) is 0 Å². The average Bonchev–Trinajstić information content (AvgIpc) is 2.95. The molecule has 41 heavy (non-hydrogen) atoms. The molecule has 0 aromatic heterocycles. The Kier molecular flexibility index (Phi) is 11.3. The Morgan fingerprint density at radius 3 is 2.54 bits per heavy atom. The molecule has 0 radical (unpaired) electrons. The monoisotopic (exact) mass is 600 g/mol. The molecule has 0 bridgehead atoms. The van der Waals surface area contributed by atoms with Crippen LogP contribution in [0, 0.1) is 0 Å². The lowest BCUT2D eigenvalue weighted by Gasteiger charge is -2.47. The van der Waals surface area contributed by atoms with Crippen LogP contribution in [-0.4, -0.2) is 64.2 Å². The van der Waals surface area contributed by atoms with Crippen LogP contribution in [0.3, 0.4) is 0 Å². The zero-order valence-corrected chi connectivity index (χ0v) is 25.0. The summed E-state index contributed by atoms with van der Waals surface area (Å²) in [4.78, 5) is 13.6. The van der Waals surface area contributed by atoms with Gasteiger partial charge in [0.15, 0.2) is 0 Å². The van der Waals surface area contributed by atoms with E-state index in [2.05, 4.69) is 16.0 Å². The van der Waals surface area contributed by atoms with E-state index in [-0.39, 0.29) is 5.91 Å². The molecule has 0 unspecified atom stereocenters. The minimum atomic E-state index is -2.95. The SMILES string of the molecule is CCNc1cc(C(=O)N[C@@H](Cc2ccccc2)[C@H](O)CNCCc2cccc(Cl)c2)cc(N2CCCCS2(O)O)c1. The quantitative estimate of drug-likeness (QED) is 0.142. The van der Waals surface area contributed by atoms with Gasteiger partial charge in [-0.2, -0.15) is 0 Å². The van der Waals surface area contributed by atoms with E-state index in [0.29, 0.717) is 54.6 Å². The number of halogens is 1. The minimum absolute atomic E-state index is 0.301. The Labute approximate surface area is 249 Å². The maximum atomic E-state index is 13.6. The highest BCUT2D eigenvalue weighted by molar-refractivity contribution is 8.25. The molecule has 1 aliphatic heterocycles. The van der Waals surface area contributed by atoms with Crippen molar-refractivity contribution >= 4 is 39.7 Å². The Morgan fingerprint density at radius 1 is 1.02 bits per heavy atom. The van der Waals surface area contributed by atoms with Gasteiger partial charge in [0.25, 0.3) is 5.91 Å². The Bertz CT molecular complexity index is 1280. The van der Waals surface area contributed by atoms with E-state index in [1.54, 1.807) is 16.4 Å². The van der Waals surface area contributed by atoms with Crippen molar-refractivity contribution in [1.82, 2.24) is 10.6 Å². The van der Waals surface area contributed by atoms with E-state index < -0.39 is 22.9 Å². The number of nitrogens with one attached hydrogen (secondary N) is 3. The van der Waals surface area contributed by atoms with Gasteiger partial charge in [-0.05, 0) is 80.6 Å². The topological polar surface area (TPSA) is 117 Å². The zero-order chi connectivity index (χ0) is 29.2. The van der Waals surface area contributed by atoms with Crippen LogP contribution in [0.2, 0.25) is 5.02 Å². The van der Waals surface area contributed by atoms with Crippen molar-refractivity contribution < 1.29 is 19.0 Å². The van der Waals surface area contributed by atoms with E-state index in [0.717, 1.165) is 36.1 Å². The summed E-state index contributed by atoms with van der Waals surface area (Å²) in [5.74, 6) is -0.0197. The van der Waals surface area contributed by atoms with Crippen LogP contribution in [0.15, 0.2) is 72.8 Å². The molecule has 0 saturated carbocycles. The fraction of sp³-hybridized carbons (Fsp3) is 0.387. The smallest absolute Gasteiger partial charge is 0.251 e. The average molecular weight is 601 g/mol. The summed E-state index contributed by atoms with van der Waals surface area (Å²) in [5.41, 5.74) is 3.81. The number of carbonyl (C=O) groups is 1. The molecule has 6 N–H and O–H groups in total. The van der Waals surface area contributed by atoms with Crippen LogP contribution in [0.1, 0.15) is 41.3 Å². The number of aliphatic hydroxyl groups excluding tert-OH is 1. The number of hydrogen-bond donors (Lipinski definition) is 6. The molecule has 1 heterocycles. The van der Waals surface area contributed by atoms with Crippen LogP contribution >= 0.6 is 22.4 Å². The van der Waals surface area contributed by atoms with Crippen LogP contribution in [-0.2, 0) is 12.8 Å². The predicted octanol–water partition coefficient (Wildman–Crippen LogP) is 5.57. The molecule has 8 nitrogen and oxygen atoms in total. The summed E-state index contributed by atoms with van der Waals surface area (Å²) in [6, 6.07) is 22.2. The fourth-order valence-electron chi connectivity index (χ4n) is 5.02. The number of aliphatic hydroxyl groups is 1. The van der Waals surface area contributed by atoms with Gasteiger partial charge in [-0.15, -0.1) is 10.8 Å².